The molecule has 2 unspecified atom stereocenters. The van der Waals surface area contributed by atoms with Gasteiger partial charge in [-0.3, -0.25) is 0 Å². The summed E-state index contributed by atoms with van der Waals surface area (Å²) in [5, 5.41) is 0. The van der Waals surface area contributed by atoms with Crippen molar-refractivity contribution in [1.29, 1.82) is 0 Å². The molecule has 2 rings (SSSR count). The summed E-state index contributed by atoms with van der Waals surface area (Å²) in [6.07, 6.45) is 4.31. The van der Waals surface area contributed by atoms with Gasteiger partial charge in [0.1, 0.15) is 0 Å². The molecule has 1 heteroatoms. The van der Waals surface area contributed by atoms with Gasteiger partial charge in [-0.25, -0.2) is 0 Å². The first-order chi connectivity index (χ1) is 4.62. The SMILES string of the molecule is C=C1C2CCC(C2)C1(C)C.[PbH2]. The molecule has 2 radical (unpaired) electrons. The summed E-state index contributed by atoms with van der Waals surface area (Å²) in [5.74, 6) is 1.85. The first kappa shape index (κ1) is 9.75. The Bertz CT molecular complexity index is 181. The van der Waals surface area contributed by atoms with Gasteiger partial charge in [-0.2, -0.15) is 0 Å². The van der Waals surface area contributed by atoms with Crippen LogP contribution in [0.1, 0.15) is 33.1 Å². The minimum absolute atomic E-state index is 0. The summed E-state index contributed by atoms with van der Waals surface area (Å²) < 4.78 is 0. The second-order valence-electron chi connectivity index (χ2n) is 4.45. The summed E-state index contributed by atoms with van der Waals surface area (Å²) >= 11 is 0. The van der Waals surface area contributed by atoms with Crippen LogP contribution in [0.5, 0.6) is 0 Å². The molecule has 0 aromatic carbocycles. The zero-order valence-electron chi connectivity index (χ0n) is 7.69. The normalized spacial score (nSPS) is 38.9. The van der Waals surface area contributed by atoms with Crippen molar-refractivity contribution in [1.82, 2.24) is 0 Å². The molecule has 0 aliphatic heterocycles. The first-order valence-electron chi connectivity index (χ1n) is 4.31. The average Bonchev–Trinajstić information content (AvgIpc) is 2.37. The van der Waals surface area contributed by atoms with Crippen molar-refractivity contribution in [2.45, 2.75) is 33.1 Å². The van der Waals surface area contributed by atoms with Crippen LogP contribution in [0.2, 0.25) is 0 Å². The molecule has 0 spiro atoms. The zero-order valence-corrected chi connectivity index (χ0v) is 13.2. The average molecular weight is 345 g/mol. The number of fused-ring (bicyclic) bond motifs is 2. The van der Waals surface area contributed by atoms with Crippen molar-refractivity contribution in [3.8, 4) is 0 Å². The fourth-order valence-corrected chi connectivity index (χ4v) is 2.74. The maximum atomic E-state index is 4.19. The molecule has 62 valence electrons. The summed E-state index contributed by atoms with van der Waals surface area (Å²) in [4.78, 5) is 0. The standard InChI is InChI=1S/C10H16.Pb.2H/c1-7-8-4-5-9(6-8)10(7,2)3;;;/h8-9H,1,4-6H2,2-3H3;;;. The second kappa shape index (κ2) is 2.86. The zero-order chi connectivity index (χ0) is 7.35. The van der Waals surface area contributed by atoms with Gasteiger partial charge in [0, 0.05) is 0 Å². The number of rotatable bonds is 0. The van der Waals surface area contributed by atoms with Gasteiger partial charge >= 0.3 is 27.3 Å². The van der Waals surface area contributed by atoms with Crippen LogP contribution in [-0.4, -0.2) is 27.3 Å². The van der Waals surface area contributed by atoms with Crippen molar-refractivity contribution in [2.75, 3.05) is 0 Å². The Labute approximate surface area is 89.6 Å². The van der Waals surface area contributed by atoms with Gasteiger partial charge in [-0.05, 0) is 36.5 Å². The summed E-state index contributed by atoms with van der Waals surface area (Å²) in [5.41, 5.74) is 2.01. The Hall–Kier alpha value is 0.662. The Morgan fingerprint density at radius 3 is 2.27 bits per heavy atom. The van der Waals surface area contributed by atoms with Crippen LogP contribution in [0.4, 0.5) is 0 Å². The molecule has 0 N–H and O–H groups in total. The van der Waals surface area contributed by atoms with Crippen LogP contribution in [0.15, 0.2) is 12.2 Å². The molecule has 2 fully saturated rings. The predicted octanol–water partition coefficient (Wildman–Crippen LogP) is 2.08. The quantitative estimate of drug-likeness (QED) is 0.466. The van der Waals surface area contributed by atoms with Gasteiger partial charge in [0.05, 0.1) is 0 Å². The molecule has 2 atom stereocenters. The van der Waals surface area contributed by atoms with E-state index in [0.717, 1.165) is 11.8 Å². The number of hydrogen-bond donors (Lipinski definition) is 0. The third kappa shape index (κ3) is 1.21. The van der Waals surface area contributed by atoms with Gasteiger partial charge in [0.15, 0.2) is 0 Å². The van der Waals surface area contributed by atoms with Crippen LogP contribution in [0.25, 0.3) is 0 Å². The fraction of sp³-hybridized carbons (Fsp3) is 0.800. The molecule has 0 aromatic rings. The third-order valence-electron chi connectivity index (χ3n) is 3.77. The van der Waals surface area contributed by atoms with Gasteiger partial charge in [0.25, 0.3) is 0 Å². The van der Waals surface area contributed by atoms with Crippen LogP contribution >= 0.6 is 0 Å². The minimum atomic E-state index is 0. The summed E-state index contributed by atoms with van der Waals surface area (Å²) in [6.45, 7) is 8.91. The Kier molecular flexibility index (Phi) is 2.53. The summed E-state index contributed by atoms with van der Waals surface area (Å²) in [6, 6.07) is 0. The van der Waals surface area contributed by atoms with Crippen molar-refractivity contribution >= 4 is 27.3 Å². The van der Waals surface area contributed by atoms with E-state index in [1.807, 2.05) is 0 Å². The van der Waals surface area contributed by atoms with E-state index >= 15 is 0 Å². The van der Waals surface area contributed by atoms with Crippen molar-refractivity contribution < 1.29 is 0 Å². The van der Waals surface area contributed by atoms with E-state index in [1.165, 1.54) is 24.8 Å². The fourth-order valence-electron chi connectivity index (χ4n) is 2.74. The van der Waals surface area contributed by atoms with Crippen LogP contribution < -0.4 is 0 Å². The van der Waals surface area contributed by atoms with E-state index in [0.29, 0.717) is 5.41 Å². The molecule has 0 nitrogen and oxygen atoms in total. The third-order valence-corrected chi connectivity index (χ3v) is 3.77. The van der Waals surface area contributed by atoms with Gasteiger partial charge < -0.3 is 0 Å². The van der Waals surface area contributed by atoms with E-state index < -0.39 is 0 Å². The molecule has 2 aliphatic carbocycles. The van der Waals surface area contributed by atoms with Crippen molar-refractivity contribution in [2.24, 2.45) is 17.3 Å². The monoisotopic (exact) mass is 346 g/mol. The Balaban J connectivity index is 0.000000605. The number of hydrogen-bond acceptors (Lipinski definition) is 0. The van der Waals surface area contributed by atoms with Gasteiger partial charge in [-0.15, -0.1) is 0 Å². The topological polar surface area (TPSA) is 0 Å². The van der Waals surface area contributed by atoms with Crippen LogP contribution in [0, 0.1) is 17.3 Å². The van der Waals surface area contributed by atoms with E-state index in [2.05, 4.69) is 20.4 Å². The van der Waals surface area contributed by atoms with E-state index in [4.69, 9.17) is 0 Å². The molecule has 0 saturated heterocycles. The maximum absolute atomic E-state index is 4.19. The molecule has 0 heterocycles. The van der Waals surface area contributed by atoms with Crippen molar-refractivity contribution in [3.63, 3.8) is 0 Å². The van der Waals surface area contributed by atoms with E-state index in [-0.39, 0.29) is 27.3 Å². The molecule has 11 heavy (non-hydrogen) atoms. The Morgan fingerprint density at radius 2 is 2.00 bits per heavy atom. The Morgan fingerprint density at radius 1 is 1.36 bits per heavy atom. The second-order valence-corrected chi connectivity index (χ2v) is 4.45. The predicted molar refractivity (Wildman–Crippen MR) is 52.3 cm³/mol. The molecule has 0 aromatic heterocycles. The molecular weight excluding hydrogens is 327 g/mol. The number of allylic oxidation sites excluding steroid dienone is 1. The van der Waals surface area contributed by atoms with Crippen LogP contribution in [0.3, 0.4) is 0 Å². The van der Waals surface area contributed by atoms with Crippen molar-refractivity contribution in [3.05, 3.63) is 12.2 Å². The summed E-state index contributed by atoms with van der Waals surface area (Å²) in [7, 11) is 0. The van der Waals surface area contributed by atoms with Gasteiger partial charge in [-0.1, -0.05) is 26.0 Å². The molecule has 2 saturated carbocycles. The molecular formula is C10H18Pb. The molecule has 2 bridgehead atoms. The van der Waals surface area contributed by atoms with Crippen LogP contribution in [-0.2, 0) is 0 Å². The van der Waals surface area contributed by atoms with E-state index in [1.54, 1.807) is 0 Å². The van der Waals surface area contributed by atoms with Gasteiger partial charge in [0.2, 0.25) is 0 Å². The first-order valence-corrected chi connectivity index (χ1v) is 4.31. The molecule has 0 amide bonds. The molecule has 2 aliphatic rings. The van der Waals surface area contributed by atoms with E-state index in [9.17, 15) is 0 Å².